The number of benzene rings is 1. The van der Waals surface area contributed by atoms with Crippen molar-refractivity contribution in [3.05, 3.63) is 41.0 Å². The van der Waals surface area contributed by atoms with E-state index >= 15 is 0 Å². The summed E-state index contributed by atoms with van der Waals surface area (Å²) in [6, 6.07) is 4.74. The zero-order valence-electron chi connectivity index (χ0n) is 13.3. The predicted molar refractivity (Wildman–Crippen MR) is 85.0 cm³/mol. The number of amides is 1. The number of halogens is 1. The molecule has 0 saturated carbocycles. The molecule has 0 bridgehead atoms. The second kappa shape index (κ2) is 6.45. The Morgan fingerprint density at radius 1 is 1.35 bits per heavy atom. The largest absolute Gasteiger partial charge is 0.321 e. The first-order chi connectivity index (χ1) is 11.1. The zero-order valence-corrected chi connectivity index (χ0v) is 13.3. The highest BCUT2D eigenvalue weighted by Crippen LogP contribution is 2.21. The molecule has 2 aromatic rings. The Kier molecular flexibility index (Phi) is 4.38. The van der Waals surface area contributed by atoms with Crippen LogP contribution >= 0.6 is 0 Å². The molecule has 1 aliphatic heterocycles. The van der Waals surface area contributed by atoms with Crippen molar-refractivity contribution in [3.8, 4) is 0 Å². The molecule has 1 aromatic carbocycles. The molecule has 122 valence electrons. The van der Waals surface area contributed by atoms with Gasteiger partial charge in [0.25, 0.3) is 5.91 Å². The van der Waals surface area contributed by atoms with Gasteiger partial charge in [-0.2, -0.15) is 0 Å². The molecule has 2 N–H and O–H groups in total. The van der Waals surface area contributed by atoms with Crippen LogP contribution in [0.2, 0.25) is 0 Å². The normalized spacial score (nSPS) is 15.6. The second-order valence-corrected chi connectivity index (χ2v) is 5.87. The van der Waals surface area contributed by atoms with Crippen LogP contribution in [0, 0.1) is 19.7 Å². The second-order valence-electron chi connectivity index (χ2n) is 5.87. The van der Waals surface area contributed by atoms with Gasteiger partial charge >= 0.3 is 0 Å². The SMILES string of the molecule is Cc1cc(NC(=O)c2nnn(C3CCNCC3)c2C)ccc1F. The van der Waals surface area contributed by atoms with Gasteiger partial charge in [0, 0.05) is 5.69 Å². The molecule has 3 rings (SSSR count). The number of carbonyl (C=O) groups excluding carboxylic acids is 1. The summed E-state index contributed by atoms with van der Waals surface area (Å²) in [6.45, 7) is 5.40. The molecule has 0 radical (unpaired) electrons. The van der Waals surface area contributed by atoms with Crippen molar-refractivity contribution in [1.82, 2.24) is 20.3 Å². The summed E-state index contributed by atoms with van der Waals surface area (Å²) in [5.41, 5.74) is 2.10. The highest BCUT2D eigenvalue weighted by molar-refractivity contribution is 6.03. The fraction of sp³-hybridized carbons (Fsp3) is 0.438. The summed E-state index contributed by atoms with van der Waals surface area (Å²) in [7, 11) is 0. The third-order valence-corrected chi connectivity index (χ3v) is 4.21. The van der Waals surface area contributed by atoms with Gasteiger partial charge in [0.05, 0.1) is 11.7 Å². The minimum atomic E-state index is -0.325. The van der Waals surface area contributed by atoms with E-state index in [9.17, 15) is 9.18 Å². The minimum absolute atomic E-state index is 0.276. The van der Waals surface area contributed by atoms with Gasteiger partial charge in [0.15, 0.2) is 5.69 Å². The van der Waals surface area contributed by atoms with E-state index in [2.05, 4.69) is 20.9 Å². The lowest BCUT2D eigenvalue weighted by atomic mass is 10.1. The molecular weight excluding hydrogens is 297 g/mol. The van der Waals surface area contributed by atoms with Crippen LogP contribution in [0.15, 0.2) is 18.2 Å². The number of hydrogen-bond acceptors (Lipinski definition) is 4. The van der Waals surface area contributed by atoms with E-state index in [4.69, 9.17) is 0 Å². The fourth-order valence-corrected chi connectivity index (χ4v) is 2.86. The highest BCUT2D eigenvalue weighted by Gasteiger charge is 2.23. The third kappa shape index (κ3) is 3.24. The van der Waals surface area contributed by atoms with E-state index in [1.165, 1.54) is 12.1 Å². The van der Waals surface area contributed by atoms with Crippen molar-refractivity contribution in [2.75, 3.05) is 18.4 Å². The van der Waals surface area contributed by atoms with Crippen LogP contribution in [-0.2, 0) is 0 Å². The maximum absolute atomic E-state index is 13.3. The maximum Gasteiger partial charge on any atom is 0.278 e. The number of nitrogens with one attached hydrogen (secondary N) is 2. The molecule has 2 heterocycles. The molecular formula is C16H20FN5O. The molecule has 23 heavy (non-hydrogen) atoms. The van der Waals surface area contributed by atoms with E-state index < -0.39 is 0 Å². The van der Waals surface area contributed by atoms with Gasteiger partial charge in [-0.1, -0.05) is 5.21 Å². The summed E-state index contributed by atoms with van der Waals surface area (Å²) < 4.78 is 15.1. The molecule has 1 fully saturated rings. The molecule has 0 atom stereocenters. The van der Waals surface area contributed by atoms with Crippen LogP contribution in [-0.4, -0.2) is 34.0 Å². The Hall–Kier alpha value is -2.28. The minimum Gasteiger partial charge on any atom is -0.321 e. The van der Waals surface area contributed by atoms with Gasteiger partial charge in [0.2, 0.25) is 0 Å². The summed E-state index contributed by atoms with van der Waals surface area (Å²) >= 11 is 0. The van der Waals surface area contributed by atoms with Crippen molar-refractivity contribution in [2.45, 2.75) is 32.7 Å². The van der Waals surface area contributed by atoms with Gasteiger partial charge in [-0.25, -0.2) is 9.07 Å². The van der Waals surface area contributed by atoms with Crippen LogP contribution in [0.3, 0.4) is 0 Å². The number of carbonyl (C=O) groups is 1. The lowest BCUT2D eigenvalue weighted by Gasteiger charge is -2.23. The van der Waals surface area contributed by atoms with Gasteiger partial charge in [-0.3, -0.25) is 4.79 Å². The molecule has 0 spiro atoms. The molecule has 1 amide bonds. The molecule has 1 aliphatic rings. The van der Waals surface area contributed by atoms with E-state index in [-0.39, 0.29) is 17.8 Å². The van der Waals surface area contributed by atoms with Crippen molar-refractivity contribution in [2.24, 2.45) is 0 Å². The Labute approximate surface area is 134 Å². The lowest BCUT2D eigenvalue weighted by molar-refractivity contribution is 0.102. The van der Waals surface area contributed by atoms with Gasteiger partial charge in [0.1, 0.15) is 5.82 Å². The smallest absolute Gasteiger partial charge is 0.278 e. The molecule has 6 nitrogen and oxygen atoms in total. The topological polar surface area (TPSA) is 71.8 Å². The first-order valence-electron chi connectivity index (χ1n) is 7.76. The zero-order chi connectivity index (χ0) is 16.4. The maximum atomic E-state index is 13.3. The van der Waals surface area contributed by atoms with E-state index in [0.29, 0.717) is 16.9 Å². The summed E-state index contributed by atoms with van der Waals surface area (Å²) in [4.78, 5) is 12.4. The molecule has 0 aliphatic carbocycles. The van der Waals surface area contributed by atoms with Gasteiger partial charge < -0.3 is 10.6 Å². The average Bonchev–Trinajstić information content (AvgIpc) is 2.93. The van der Waals surface area contributed by atoms with Crippen LogP contribution in [0.25, 0.3) is 0 Å². The van der Waals surface area contributed by atoms with Crippen molar-refractivity contribution >= 4 is 11.6 Å². The predicted octanol–water partition coefficient (Wildman–Crippen LogP) is 2.21. The van der Waals surface area contributed by atoms with Crippen LogP contribution < -0.4 is 10.6 Å². The first kappa shape index (κ1) is 15.6. The number of anilines is 1. The van der Waals surface area contributed by atoms with E-state index in [1.54, 1.807) is 13.0 Å². The molecule has 7 heteroatoms. The number of aryl methyl sites for hydroxylation is 1. The van der Waals surface area contributed by atoms with Gasteiger partial charge in [-0.05, 0) is 63.5 Å². The Morgan fingerprint density at radius 3 is 2.78 bits per heavy atom. The number of nitrogens with zero attached hydrogens (tertiary/aromatic N) is 3. The van der Waals surface area contributed by atoms with Gasteiger partial charge in [-0.15, -0.1) is 5.10 Å². The summed E-state index contributed by atoms with van der Waals surface area (Å²) in [6.07, 6.45) is 1.95. The first-order valence-corrected chi connectivity index (χ1v) is 7.76. The number of aromatic nitrogens is 3. The Balaban J connectivity index is 1.77. The number of rotatable bonds is 3. The summed E-state index contributed by atoms with van der Waals surface area (Å²) in [5.74, 6) is -0.621. The lowest BCUT2D eigenvalue weighted by Crippen LogP contribution is -2.30. The monoisotopic (exact) mass is 317 g/mol. The third-order valence-electron chi connectivity index (χ3n) is 4.21. The molecule has 1 saturated heterocycles. The highest BCUT2D eigenvalue weighted by atomic mass is 19.1. The van der Waals surface area contributed by atoms with Crippen molar-refractivity contribution < 1.29 is 9.18 Å². The van der Waals surface area contributed by atoms with Crippen molar-refractivity contribution in [1.29, 1.82) is 0 Å². The molecule has 0 unspecified atom stereocenters. The van der Waals surface area contributed by atoms with E-state index in [0.717, 1.165) is 31.6 Å². The number of piperidine rings is 1. The number of hydrogen-bond donors (Lipinski definition) is 2. The Morgan fingerprint density at radius 2 is 2.09 bits per heavy atom. The quantitative estimate of drug-likeness (QED) is 0.910. The summed E-state index contributed by atoms with van der Waals surface area (Å²) in [5, 5.41) is 14.2. The van der Waals surface area contributed by atoms with Crippen molar-refractivity contribution in [3.63, 3.8) is 0 Å². The standard InChI is InChI=1S/C16H20FN5O/c1-10-9-12(3-4-14(10)17)19-16(23)15-11(2)22(21-20-15)13-5-7-18-8-6-13/h3-4,9,13,18H,5-8H2,1-2H3,(H,19,23). The van der Waals surface area contributed by atoms with Crippen LogP contribution in [0.4, 0.5) is 10.1 Å². The Bertz CT molecular complexity index is 721. The average molecular weight is 317 g/mol. The van der Waals surface area contributed by atoms with E-state index in [1.807, 2.05) is 11.6 Å². The van der Waals surface area contributed by atoms with Crippen LogP contribution in [0.1, 0.15) is 40.6 Å². The molecule has 1 aromatic heterocycles. The van der Waals surface area contributed by atoms with Crippen LogP contribution in [0.5, 0.6) is 0 Å². The fourth-order valence-electron chi connectivity index (χ4n) is 2.86.